The molecule has 2 aromatic rings. The number of hydrogen-bond acceptors (Lipinski definition) is 2. The van der Waals surface area contributed by atoms with E-state index in [1.54, 1.807) is 6.07 Å². The summed E-state index contributed by atoms with van der Waals surface area (Å²) in [4.78, 5) is 18.0. The predicted molar refractivity (Wildman–Crippen MR) is 112 cm³/mol. The lowest BCUT2D eigenvalue weighted by atomic mass is 9.71. The summed E-state index contributed by atoms with van der Waals surface area (Å²) in [5.74, 6) is 1.02. The lowest BCUT2D eigenvalue weighted by Gasteiger charge is -2.57. The molecule has 5 rings (SSSR count). The van der Waals surface area contributed by atoms with E-state index < -0.39 is 0 Å². The van der Waals surface area contributed by atoms with Gasteiger partial charge in [0.15, 0.2) is 0 Å². The van der Waals surface area contributed by atoms with Crippen molar-refractivity contribution in [3.63, 3.8) is 0 Å². The summed E-state index contributed by atoms with van der Waals surface area (Å²) >= 11 is 0. The number of benzene rings is 2. The maximum Gasteiger partial charge on any atom is 0.253 e. The summed E-state index contributed by atoms with van der Waals surface area (Å²) in [6.07, 6.45) is 5.83. The van der Waals surface area contributed by atoms with Crippen LogP contribution in [0.1, 0.15) is 41.6 Å². The first-order valence-corrected chi connectivity index (χ1v) is 11.0. The molecule has 0 unspecified atom stereocenters. The lowest BCUT2D eigenvalue weighted by molar-refractivity contribution is -0.0642. The number of carbonyl (C=O) groups excluding carboxylic acids is 1. The average Bonchev–Trinajstić information content (AvgIpc) is 2.77. The van der Waals surface area contributed by atoms with Crippen LogP contribution in [0.4, 0.5) is 4.39 Å². The third kappa shape index (κ3) is 3.71. The largest absolute Gasteiger partial charge is 0.338 e. The summed E-state index contributed by atoms with van der Waals surface area (Å²) in [7, 11) is 0. The zero-order valence-corrected chi connectivity index (χ0v) is 16.8. The van der Waals surface area contributed by atoms with E-state index in [1.807, 2.05) is 42.5 Å². The van der Waals surface area contributed by atoms with Crippen LogP contribution in [0.2, 0.25) is 0 Å². The molecule has 3 heterocycles. The van der Waals surface area contributed by atoms with Gasteiger partial charge in [0.25, 0.3) is 5.91 Å². The average molecular weight is 393 g/mol. The molecular weight excluding hydrogens is 363 g/mol. The van der Waals surface area contributed by atoms with Crippen molar-refractivity contribution in [2.24, 2.45) is 11.8 Å². The number of carbonyl (C=O) groups is 1. The van der Waals surface area contributed by atoms with Gasteiger partial charge in [-0.15, -0.1) is 0 Å². The van der Waals surface area contributed by atoms with Crippen LogP contribution in [0, 0.1) is 17.7 Å². The summed E-state index contributed by atoms with van der Waals surface area (Å²) in [5.41, 5.74) is 1.86. The Balaban J connectivity index is 1.41. The van der Waals surface area contributed by atoms with Crippen LogP contribution in [-0.4, -0.2) is 47.4 Å². The highest BCUT2D eigenvalue weighted by molar-refractivity contribution is 5.94. The van der Waals surface area contributed by atoms with Crippen molar-refractivity contribution in [1.29, 1.82) is 0 Å². The molecule has 0 radical (unpaired) electrons. The number of nitrogens with zero attached hydrogens (tertiary/aromatic N) is 2. The van der Waals surface area contributed by atoms with Crippen LogP contribution >= 0.6 is 0 Å². The van der Waals surface area contributed by atoms with Crippen molar-refractivity contribution in [2.45, 2.75) is 44.2 Å². The highest BCUT2D eigenvalue weighted by atomic mass is 19.1. The van der Waals surface area contributed by atoms with Gasteiger partial charge in [0.1, 0.15) is 5.82 Å². The molecule has 3 fully saturated rings. The van der Waals surface area contributed by atoms with Gasteiger partial charge in [-0.1, -0.05) is 36.8 Å². The van der Waals surface area contributed by atoms with Gasteiger partial charge in [-0.25, -0.2) is 4.39 Å². The van der Waals surface area contributed by atoms with E-state index >= 15 is 0 Å². The number of likely N-dealkylation sites (tertiary alicyclic amines) is 1. The lowest BCUT2D eigenvalue weighted by Crippen LogP contribution is -2.64. The maximum atomic E-state index is 13.8. The van der Waals surface area contributed by atoms with Gasteiger partial charge in [-0.2, -0.15) is 0 Å². The Kier molecular flexibility index (Phi) is 5.13. The number of rotatable bonds is 3. The van der Waals surface area contributed by atoms with E-state index in [4.69, 9.17) is 0 Å². The van der Waals surface area contributed by atoms with Gasteiger partial charge in [-0.05, 0) is 73.9 Å². The fourth-order valence-electron chi connectivity index (χ4n) is 6.02. The Labute approximate surface area is 172 Å². The summed E-state index contributed by atoms with van der Waals surface area (Å²) in [5, 5.41) is 0. The van der Waals surface area contributed by atoms with Crippen LogP contribution < -0.4 is 0 Å². The molecule has 0 aliphatic carbocycles. The molecule has 3 aliphatic heterocycles. The molecule has 1 amide bonds. The predicted octanol–water partition coefficient (Wildman–Crippen LogP) is 4.38. The van der Waals surface area contributed by atoms with E-state index in [0.29, 0.717) is 23.9 Å². The van der Waals surface area contributed by atoms with Gasteiger partial charge in [-0.3, -0.25) is 9.69 Å². The van der Waals surface area contributed by atoms with Crippen LogP contribution in [0.15, 0.2) is 54.6 Å². The van der Waals surface area contributed by atoms with Gasteiger partial charge < -0.3 is 4.90 Å². The third-order valence-corrected chi connectivity index (χ3v) is 7.26. The van der Waals surface area contributed by atoms with E-state index in [0.717, 1.165) is 37.2 Å². The smallest absolute Gasteiger partial charge is 0.253 e. The second-order valence-corrected chi connectivity index (χ2v) is 9.03. The Hall–Kier alpha value is -2.20. The van der Waals surface area contributed by atoms with Crippen molar-refractivity contribution in [3.05, 3.63) is 71.5 Å². The minimum absolute atomic E-state index is 0.157. The zero-order chi connectivity index (χ0) is 19.8. The van der Waals surface area contributed by atoms with Crippen molar-refractivity contribution < 1.29 is 9.18 Å². The minimum atomic E-state index is -0.157. The van der Waals surface area contributed by atoms with Gasteiger partial charge in [0.05, 0.1) is 0 Å². The van der Waals surface area contributed by atoms with E-state index in [2.05, 4.69) is 9.80 Å². The molecule has 0 saturated carbocycles. The molecule has 4 heteroatoms. The summed E-state index contributed by atoms with van der Waals surface area (Å²) in [6, 6.07) is 17.7. The number of hydrogen-bond donors (Lipinski definition) is 0. The van der Waals surface area contributed by atoms with Crippen molar-refractivity contribution in [2.75, 3.05) is 19.6 Å². The maximum absolute atomic E-state index is 13.8. The third-order valence-electron chi connectivity index (χ3n) is 7.26. The number of halogens is 1. The number of amides is 1. The summed E-state index contributed by atoms with van der Waals surface area (Å²) < 4.78 is 13.8. The van der Waals surface area contributed by atoms with E-state index in [9.17, 15) is 9.18 Å². The second-order valence-electron chi connectivity index (χ2n) is 9.03. The van der Waals surface area contributed by atoms with E-state index in [1.165, 1.54) is 31.7 Å². The highest BCUT2D eigenvalue weighted by Crippen LogP contribution is 2.42. The monoisotopic (exact) mass is 392 g/mol. The van der Waals surface area contributed by atoms with Crippen LogP contribution in [0.5, 0.6) is 0 Å². The number of piperidine rings is 3. The minimum Gasteiger partial charge on any atom is -0.338 e. The fourth-order valence-corrected chi connectivity index (χ4v) is 6.02. The van der Waals surface area contributed by atoms with Crippen molar-refractivity contribution in [1.82, 2.24) is 9.80 Å². The van der Waals surface area contributed by atoms with Gasteiger partial charge in [0, 0.05) is 30.7 Å². The topological polar surface area (TPSA) is 23.6 Å². The van der Waals surface area contributed by atoms with Crippen LogP contribution in [0.3, 0.4) is 0 Å². The molecule has 2 aromatic carbocycles. The molecule has 0 aromatic heterocycles. The molecular formula is C25H29FN2O. The first kappa shape index (κ1) is 18.8. The standard InChI is InChI=1S/C25H29FN2O/c26-22-10-6-7-18(13-22)14-24-21-15-20(23-11-4-5-12-28(23)24)16-27(17-21)25(29)19-8-2-1-3-9-19/h1-3,6-10,13,20-21,23-24H,4-5,11-12,14-17H2/t20-,21+,23+,24+/m1/s1. The van der Waals surface area contributed by atoms with Crippen LogP contribution in [-0.2, 0) is 6.42 Å². The van der Waals surface area contributed by atoms with Crippen LogP contribution in [0.25, 0.3) is 0 Å². The SMILES string of the molecule is O=C(c1ccccc1)N1C[C@H]2C[C@@H](C1)[C@H](Cc1cccc(F)c1)N1CCCC[C@@H]21. The Morgan fingerprint density at radius 1 is 1.00 bits per heavy atom. The first-order valence-electron chi connectivity index (χ1n) is 11.0. The van der Waals surface area contributed by atoms with Crippen molar-refractivity contribution >= 4 is 5.91 Å². The second kappa shape index (κ2) is 7.91. The molecule has 4 atom stereocenters. The molecule has 2 bridgehead atoms. The zero-order valence-electron chi connectivity index (χ0n) is 16.8. The Morgan fingerprint density at radius 2 is 1.83 bits per heavy atom. The number of fused-ring (bicyclic) bond motifs is 4. The quantitative estimate of drug-likeness (QED) is 0.774. The molecule has 152 valence electrons. The molecule has 0 N–H and O–H groups in total. The van der Waals surface area contributed by atoms with Gasteiger partial charge in [0.2, 0.25) is 0 Å². The summed E-state index contributed by atoms with van der Waals surface area (Å²) in [6.45, 7) is 2.83. The Bertz CT molecular complexity index is 870. The van der Waals surface area contributed by atoms with Crippen molar-refractivity contribution in [3.8, 4) is 0 Å². The van der Waals surface area contributed by atoms with E-state index in [-0.39, 0.29) is 11.7 Å². The molecule has 3 nitrogen and oxygen atoms in total. The first-order chi connectivity index (χ1) is 14.2. The Morgan fingerprint density at radius 3 is 2.66 bits per heavy atom. The molecule has 0 spiro atoms. The van der Waals surface area contributed by atoms with Gasteiger partial charge >= 0.3 is 0 Å². The molecule has 29 heavy (non-hydrogen) atoms. The fraction of sp³-hybridized carbons (Fsp3) is 0.480. The molecule has 3 aliphatic rings. The highest BCUT2D eigenvalue weighted by Gasteiger charge is 2.47. The molecule has 3 saturated heterocycles. The normalized spacial score (nSPS) is 29.3.